The van der Waals surface area contributed by atoms with E-state index in [0.717, 1.165) is 4.68 Å². The normalized spacial score (nSPS) is 10.8. The fraction of sp³-hybridized carbons (Fsp3) is 0.158. The zero-order valence-corrected chi connectivity index (χ0v) is 14.7. The largest absolute Gasteiger partial charge is 0.494 e. The van der Waals surface area contributed by atoms with E-state index in [1.165, 1.54) is 12.4 Å². The van der Waals surface area contributed by atoms with Gasteiger partial charge in [-0.1, -0.05) is 0 Å². The second-order valence-corrected chi connectivity index (χ2v) is 5.78. The summed E-state index contributed by atoms with van der Waals surface area (Å²) in [6, 6.07) is 6.73. The maximum absolute atomic E-state index is 13.8. The molecule has 0 unspecified atom stereocenters. The van der Waals surface area contributed by atoms with Gasteiger partial charge < -0.3 is 10.1 Å². The fourth-order valence-corrected chi connectivity index (χ4v) is 2.50. The molecule has 146 valence electrons. The molecule has 0 spiro atoms. The molecule has 28 heavy (non-hydrogen) atoms. The highest BCUT2D eigenvalue weighted by Crippen LogP contribution is 2.21. The Morgan fingerprint density at radius 3 is 2.50 bits per heavy atom. The lowest BCUT2D eigenvalue weighted by Crippen LogP contribution is -2.11. The second-order valence-electron chi connectivity index (χ2n) is 5.78. The van der Waals surface area contributed by atoms with Gasteiger partial charge in [-0.25, -0.2) is 17.6 Å². The number of rotatable bonds is 6. The molecule has 0 saturated heterocycles. The average Bonchev–Trinajstić information content (AvgIpc) is 3.11. The van der Waals surface area contributed by atoms with Gasteiger partial charge in [0.25, 0.3) is 5.91 Å². The maximum atomic E-state index is 13.8. The molecule has 0 fully saturated rings. The highest BCUT2D eigenvalue weighted by atomic mass is 19.2. The highest BCUT2D eigenvalue weighted by Gasteiger charge is 2.19. The average molecular weight is 393 g/mol. The van der Waals surface area contributed by atoms with E-state index < -0.39 is 41.3 Å². The Labute approximate surface area is 157 Å². The molecule has 1 N–H and O–H groups in total. The molecule has 3 rings (SSSR count). The highest BCUT2D eigenvalue weighted by molar-refractivity contribution is 6.04. The van der Waals surface area contributed by atoms with Crippen LogP contribution in [0.5, 0.6) is 5.75 Å². The summed E-state index contributed by atoms with van der Waals surface area (Å²) in [6.07, 6.45) is 2.58. The number of nitrogens with one attached hydrogen (secondary N) is 1. The van der Waals surface area contributed by atoms with Crippen molar-refractivity contribution in [3.8, 4) is 5.75 Å². The number of hydrogen-bond donors (Lipinski definition) is 1. The zero-order chi connectivity index (χ0) is 20.3. The van der Waals surface area contributed by atoms with Gasteiger partial charge in [0.1, 0.15) is 11.6 Å². The van der Waals surface area contributed by atoms with Gasteiger partial charge in [0.05, 0.1) is 25.0 Å². The number of nitrogens with zero attached hydrogens (tertiary/aromatic N) is 2. The molecule has 0 aliphatic rings. The summed E-state index contributed by atoms with van der Waals surface area (Å²) < 4.78 is 60.2. The molecule has 9 heteroatoms. The number of carbonyl (C=O) groups excluding carboxylic acids is 1. The maximum Gasteiger partial charge on any atom is 0.255 e. The molecule has 1 amide bonds. The van der Waals surface area contributed by atoms with Gasteiger partial charge >= 0.3 is 0 Å². The molecule has 0 atom stereocenters. The van der Waals surface area contributed by atoms with Crippen molar-refractivity contribution in [3.63, 3.8) is 0 Å². The van der Waals surface area contributed by atoms with Gasteiger partial charge in [0.15, 0.2) is 17.5 Å². The van der Waals surface area contributed by atoms with Crippen LogP contribution in [0.1, 0.15) is 22.8 Å². The molecule has 0 bridgehead atoms. The van der Waals surface area contributed by atoms with Crippen LogP contribution < -0.4 is 10.1 Å². The Bertz CT molecular complexity index is 1000. The minimum atomic E-state index is -1.76. The van der Waals surface area contributed by atoms with Crippen LogP contribution >= 0.6 is 0 Å². The van der Waals surface area contributed by atoms with E-state index in [1.54, 1.807) is 24.3 Å². The summed E-state index contributed by atoms with van der Waals surface area (Å²) in [6.45, 7) is 1.87. The summed E-state index contributed by atoms with van der Waals surface area (Å²) in [5, 5.41) is 6.44. The van der Waals surface area contributed by atoms with Crippen molar-refractivity contribution >= 4 is 11.6 Å². The summed E-state index contributed by atoms with van der Waals surface area (Å²) in [4.78, 5) is 12.2. The molecular formula is C19H15F4N3O2. The SMILES string of the molecule is CCOc1ccc(C(=O)Nc2cnn(Cc3c(F)cc(F)c(F)c3F)c2)cc1. The zero-order valence-electron chi connectivity index (χ0n) is 14.7. The van der Waals surface area contributed by atoms with Crippen LogP contribution in [-0.4, -0.2) is 22.3 Å². The molecule has 2 aromatic carbocycles. The quantitative estimate of drug-likeness (QED) is 0.389. The van der Waals surface area contributed by atoms with Crippen LogP contribution in [0, 0.1) is 23.3 Å². The first-order valence-electron chi connectivity index (χ1n) is 8.27. The molecule has 0 radical (unpaired) electrons. The van der Waals surface area contributed by atoms with Crippen molar-refractivity contribution < 1.29 is 27.1 Å². The summed E-state index contributed by atoms with van der Waals surface area (Å²) in [7, 11) is 0. The van der Waals surface area contributed by atoms with Crippen LogP contribution in [0.2, 0.25) is 0 Å². The molecule has 1 aromatic heterocycles. The van der Waals surface area contributed by atoms with Crippen LogP contribution in [0.15, 0.2) is 42.7 Å². The smallest absolute Gasteiger partial charge is 0.255 e. The van der Waals surface area contributed by atoms with Crippen molar-refractivity contribution in [2.75, 3.05) is 11.9 Å². The minimum Gasteiger partial charge on any atom is -0.494 e. The van der Waals surface area contributed by atoms with Crippen molar-refractivity contribution in [3.05, 3.63) is 77.1 Å². The topological polar surface area (TPSA) is 56.1 Å². The van der Waals surface area contributed by atoms with E-state index in [1.807, 2.05) is 6.92 Å². The monoisotopic (exact) mass is 393 g/mol. The number of ether oxygens (including phenoxy) is 1. The second kappa shape index (κ2) is 8.12. The Morgan fingerprint density at radius 2 is 1.82 bits per heavy atom. The van der Waals surface area contributed by atoms with Crippen LogP contribution in [0.25, 0.3) is 0 Å². The third kappa shape index (κ3) is 4.13. The van der Waals surface area contributed by atoms with Gasteiger partial charge in [-0.3, -0.25) is 9.48 Å². The number of carbonyl (C=O) groups is 1. The Balaban J connectivity index is 1.71. The van der Waals surface area contributed by atoms with Crippen LogP contribution in [0.4, 0.5) is 23.2 Å². The number of hydrogen-bond acceptors (Lipinski definition) is 3. The first-order valence-corrected chi connectivity index (χ1v) is 8.27. The summed E-state index contributed by atoms with van der Waals surface area (Å²) in [5.41, 5.74) is -0.0393. The van der Waals surface area contributed by atoms with Crippen molar-refractivity contribution in [2.24, 2.45) is 0 Å². The number of benzene rings is 2. The lowest BCUT2D eigenvalue weighted by Gasteiger charge is -2.07. The number of halogens is 4. The predicted octanol–water partition coefficient (Wildman–Crippen LogP) is 4.14. The third-order valence-electron chi connectivity index (χ3n) is 3.85. The molecule has 5 nitrogen and oxygen atoms in total. The molecular weight excluding hydrogens is 378 g/mol. The van der Waals surface area contributed by atoms with Crippen molar-refractivity contribution in [2.45, 2.75) is 13.5 Å². The Hall–Kier alpha value is -3.36. The van der Waals surface area contributed by atoms with E-state index in [9.17, 15) is 22.4 Å². The van der Waals surface area contributed by atoms with E-state index >= 15 is 0 Å². The van der Waals surface area contributed by atoms with Gasteiger partial charge in [-0.15, -0.1) is 0 Å². The van der Waals surface area contributed by atoms with Crippen molar-refractivity contribution in [1.82, 2.24) is 9.78 Å². The standard InChI is InChI=1S/C19H15F4N3O2/c1-2-28-13-5-3-11(4-6-13)19(27)25-12-8-24-26(9-12)10-14-15(20)7-16(21)18(23)17(14)22/h3-9H,2,10H2,1H3,(H,25,27). The number of anilines is 1. The fourth-order valence-electron chi connectivity index (χ4n) is 2.50. The molecule has 0 aliphatic carbocycles. The third-order valence-corrected chi connectivity index (χ3v) is 3.85. The lowest BCUT2D eigenvalue weighted by atomic mass is 10.2. The predicted molar refractivity (Wildman–Crippen MR) is 93.2 cm³/mol. The minimum absolute atomic E-state index is 0.266. The number of aromatic nitrogens is 2. The first kappa shape index (κ1) is 19.4. The summed E-state index contributed by atoms with van der Waals surface area (Å²) in [5.74, 6) is -6.01. The van der Waals surface area contributed by atoms with Gasteiger partial charge in [-0.2, -0.15) is 5.10 Å². The van der Waals surface area contributed by atoms with Gasteiger partial charge in [-0.05, 0) is 31.2 Å². The van der Waals surface area contributed by atoms with Crippen molar-refractivity contribution in [1.29, 1.82) is 0 Å². The van der Waals surface area contributed by atoms with E-state index in [-0.39, 0.29) is 11.8 Å². The molecule has 0 aliphatic heterocycles. The van der Waals surface area contributed by atoms with E-state index in [2.05, 4.69) is 10.4 Å². The summed E-state index contributed by atoms with van der Waals surface area (Å²) >= 11 is 0. The van der Waals surface area contributed by atoms with Crippen LogP contribution in [-0.2, 0) is 6.54 Å². The van der Waals surface area contributed by atoms with Gasteiger partial charge in [0.2, 0.25) is 0 Å². The Kier molecular flexibility index (Phi) is 5.62. The Morgan fingerprint density at radius 1 is 1.11 bits per heavy atom. The van der Waals surface area contributed by atoms with Crippen LogP contribution in [0.3, 0.4) is 0 Å². The number of amides is 1. The van der Waals surface area contributed by atoms with Gasteiger partial charge in [0, 0.05) is 23.4 Å². The molecule has 1 heterocycles. The lowest BCUT2D eigenvalue weighted by molar-refractivity contribution is 0.102. The first-order chi connectivity index (χ1) is 13.4. The molecule has 3 aromatic rings. The van der Waals surface area contributed by atoms with E-state index in [0.29, 0.717) is 17.9 Å². The molecule has 0 saturated carbocycles. The van der Waals surface area contributed by atoms with E-state index in [4.69, 9.17) is 4.74 Å².